The topological polar surface area (TPSA) is 24.7 Å². The van der Waals surface area contributed by atoms with Gasteiger partial charge in [0.2, 0.25) is 0 Å². The summed E-state index contributed by atoms with van der Waals surface area (Å²) < 4.78 is 0. The van der Waals surface area contributed by atoms with Gasteiger partial charge in [0.1, 0.15) is 0 Å². The maximum absolute atomic E-state index is 4.19. The fraction of sp³-hybridized carbons (Fsp3) is 0.400. The molecule has 0 saturated heterocycles. The van der Waals surface area contributed by atoms with Crippen molar-refractivity contribution in [3.05, 3.63) is 25.1 Å². The fourth-order valence-electron chi connectivity index (χ4n) is 0.874. The van der Waals surface area contributed by atoms with Gasteiger partial charge in [-0.2, -0.15) is 12.0 Å². The molecule has 1 aliphatic rings. The molecule has 0 bridgehead atoms. The maximum atomic E-state index is 4.19. The molecule has 13 heavy (non-hydrogen) atoms. The van der Waals surface area contributed by atoms with Gasteiger partial charge in [0.05, 0.1) is 6.34 Å². The van der Waals surface area contributed by atoms with Crippen LogP contribution in [0.25, 0.3) is 0 Å². The summed E-state index contributed by atoms with van der Waals surface area (Å²) >= 11 is 0. The second-order valence-corrected chi connectivity index (χ2v) is 2.99. The van der Waals surface area contributed by atoms with Crippen molar-refractivity contribution < 1.29 is 0 Å². The average Bonchev–Trinajstić information content (AvgIpc) is 2.13. The van der Waals surface area contributed by atoms with Crippen LogP contribution in [0.15, 0.2) is 21.8 Å². The number of aliphatic imine (C=N–C) groups is 2. The zero-order valence-electron chi connectivity index (χ0n) is 8.46. The average molecular weight is 426 g/mol. The van der Waals surface area contributed by atoms with Crippen LogP contribution in [-0.2, 0) is 0 Å². The number of allylic oxidation sites excluding steroid dienone is 2. The monoisotopic (exact) mass is 426 g/mol. The van der Waals surface area contributed by atoms with Gasteiger partial charge in [-0.25, -0.2) is 0 Å². The summed E-state index contributed by atoms with van der Waals surface area (Å²) in [5, 5.41) is 0. The Labute approximate surface area is 75.1 Å². The Bertz CT molecular complexity index is 217. The Morgan fingerprint density at radius 2 is 2.00 bits per heavy atom. The van der Waals surface area contributed by atoms with Gasteiger partial charge in [0, 0.05) is 0 Å². The van der Waals surface area contributed by atoms with Crippen LogP contribution in [0.5, 0.6) is 0 Å². The second-order valence-electron chi connectivity index (χ2n) is 2.99. The van der Waals surface area contributed by atoms with Gasteiger partial charge in [0.15, 0.2) is 0 Å². The molecule has 0 spiro atoms. The fourth-order valence-corrected chi connectivity index (χ4v) is 0.874. The molecule has 0 atom stereocenters. The zero-order chi connectivity index (χ0) is 8.27. The van der Waals surface area contributed by atoms with Crippen LogP contribution >= 0.6 is 0 Å². The van der Waals surface area contributed by atoms with E-state index in [4.69, 9.17) is 0 Å². The van der Waals surface area contributed by atoms with Gasteiger partial charge in [-0.15, -0.1) is 12.6 Å². The SMILES string of the molecule is C[C-]1C=NC=NC(C(C)C)=C1.[CH3-].[Lr]. The van der Waals surface area contributed by atoms with E-state index in [-0.39, 0.29) is 7.43 Å². The van der Waals surface area contributed by atoms with Crippen molar-refractivity contribution in [1.29, 1.82) is 0 Å². The van der Waals surface area contributed by atoms with Crippen molar-refractivity contribution in [2.24, 2.45) is 15.9 Å². The van der Waals surface area contributed by atoms with Crippen molar-refractivity contribution >= 4 is 12.6 Å². The molecule has 1 heterocycles. The number of nitrogens with zero attached hydrogens (tertiary/aromatic N) is 2. The zero-order valence-corrected chi connectivity index (χ0v) is 10.6. The van der Waals surface area contributed by atoms with Crippen LogP contribution < -0.4 is 0 Å². The molecule has 0 amide bonds. The molecule has 1 rings (SSSR count). The molecule has 0 N–H and O–H groups in total. The molecule has 0 aliphatic carbocycles. The minimum absolute atomic E-state index is 0. The Kier molecular flexibility index (Phi) is 5.81. The second kappa shape index (κ2) is 5.58. The Balaban J connectivity index is 0. The molecule has 2 nitrogen and oxygen atoms in total. The van der Waals surface area contributed by atoms with Gasteiger partial charge >= 0.3 is 0 Å². The molecular formula is C10H16LrN2-2. The minimum atomic E-state index is 0. The molecule has 83 valence electrons. The Hall–Kier alpha value is -2.05. The summed E-state index contributed by atoms with van der Waals surface area (Å²) in [6, 6.07) is 0. The van der Waals surface area contributed by atoms with E-state index in [1.54, 1.807) is 6.34 Å². The first-order valence-electron chi connectivity index (χ1n) is 3.81. The van der Waals surface area contributed by atoms with Crippen molar-refractivity contribution in [3.8, 4) is 0 Å². The molecule has 0 fully saturated rings. The smallest absolute Gasteiger partial charge is 0.0942 e. The third-order valence-corrected chi connectivity index (χ3v) is 1.52. The van der Waals surface area contributed by atoms with Crippen molar-refractivity contribution in [1.82, 2.24) is 0 Å². The summed E-state index contributed by atoms with van der Waals surface area (Å²) in [6.07, 6.45) is 5.48. The number of hydrogen-bond acceptors (Lipinski definition) is 2. The largest absolute Gasteiger partial charge is 0.358 e. The third kappa shape index (κ3) is 3.75. The third-order valence-electron chi connectivity index (χ3n) is 1.52. The molecule has 1 radical (unpaired) electrons. The molecule has 0 saturated carbocycles. The molecular weight excluding hydrogens is 410 g/mol. The van der Waals surface area contributed by atoms with Gasteiger partial charge in [-0.3, -0.25) is 4.99 Å². The molecule has 0 aromatic rings. The van der Waals surface area contributed by atoms with E-state index in [1.807, 2.05) is 13.1 Å². The summed E-state index contributed by atoms with van der Waals surface area (Å²) in [4.78, 5) is 8.17. The molecule has 3 heteroatoms. The quantitative estimate of drug-likeness (QED) is 0.577. The molecule has 0 aromatic carbocycles. The van der Waals surface area contributed by atoms with Crippen molar-refractivity contribution in [2.75, 3.05) is 0 Å². The van der Waals surface area contributed by atoms with E-state index >= 15 is 0 Å². The summed E-state index contributed by atoms with van der Waals surface area (Å²) in [5.41, 5.74) is 1.10. The van der Waals surface area contributed by atoms with E-state index in [2.05, 4.69) is 29.9 Å². The van der Waals surface area contributed by atoms with Crippen LogP contribution in [0.4, 0.5) is 0 Å². The standard InChI is InChI=1S/C9H13N2.CH3.Lr/c1-7(2)9-4-8(3)5-10-6-11-9;;/h4-7H,1-3H3;1H3;/q2*-1;. The van der Waals surface area contributed by atoms with Gasteiger partial charge in [-0.05, 0) is 6.21 Å². The summed E-state index contributed by atoms with van der Waals surface area (Å²) in [5.74, 6) is 1.63. The first kappa shape index (κ1) is 13.5. The van der Waals surface area contributed by atoms with Gasteiger partial charge in [0.25, 0.3) is 0 Å². The van der Waals surface area contributed by atoms with E-state index in [1.165, 1.54) is 0 Å². The van der Waals surface area contributed by atoms with Crippen LogP contribution in [0.2, 0.25) is 0 Å². The van der Waals surface area contributed by atoms with Crippen LogP contribution in [-0.4, -0.2) is 12.6 Å². The van der Waals surface area contributed by atoms with Crippen molar-refractivity contribution in [2.45, 2.75) is 20.8 Å². The van der Waals surface area contributed by atoms with Crippen molar-refractivity contribution in [3.63, 3.8) is 0 Å². The summed E-state index contributed by atoms with van der Waals surface area (Å²) in [7, 11) is 0. The van der Waals surface area contributed by atoms with Crippen LogP contribution in [0.3, 0.4) is 0 Å². The molecule has 0 aromatic heterocycles. The van der Waals surface area contributed by atoms with E-state index in [9.17, 15) is 0 Å². The Morgan fingerprint density at radius 1 is 1.38 bits per heavy atom. The van der Waals surface area contributed by atoms with E-state index in [0.717, 1.165) is 11.6 Å². The predicted molar refractivity (Wildman–Crippen MR) is 55.2 cm³/mol. The van der Waals surface area contributed by atoms with E-state index in [0.29, 0.717) is 5.92 Å². The van der Waals surface area contributed by atoms with E-state index < -0.39 is 0 Å². The first-order chi connectivity index (χ1) is 5.20. The Morgan fingerprint density at radius 3 is 2.54 bits per heavy atom. The molecule has 1 aliphatic heterocycles. The molecule has 0 unspecified atom stereocenters. The van der Waals surface area contributed by atoms with Gasteiger partial charge < -0.3 is 12.4 Å². The van der Waals surface area contributed by atoms with Crippen LogP contribution in [0, 0.1) is 19.3 Å². The first-order valence-corrected chi connectivity index (χ1v) is 3.81. The minimum Gasteiger partial charge on any atom is -0.358 e. The normalized spacial score (nSPS) is 14.5. The van der Waals surface area contributed by atoms with Crippen LogP contribution in [0.1, 0.15) is 20.8 Å². The number of rotatable bonds is 1. The maximum Gasteiger partial charge on any atom is 0.0942 e. The van der Waals surface area contributed by atoms with Gasteiger partial charge in [-0.1, -0.05) is 19.8 Å². The predicted octanol–water partition coefficient (Wildman–Crippen LogP) is 2.68. The number of hydrogen-bond donors (Lipinski definition) is 0. The summed E-state index contributed by atoms with van der Waals surface area (Å²) in [6.45, 7) is 6.28.